The average molecular weight is 241 g/mol. The minimum atomic E-state index is -0.524. The van der Waals surface area contributed by atoms with Crippen molar-refractivity contribution in [2.24, 2.45) is 20.9 Å². The molecule has 0 saturated carbocycles. The number of para-hydroxylation sites is 1. The molecule has 3 rings (SSSR count). The number of nitrogens with two attached hydrogens (primary N) is 1. The maximum atomic E-state index is 8.82. The molecule has 0 amide bonds. The normalized spacial score (nSPS) is 21.3. The highest BCUT2D eigenvalue weighted by Crippen LogP contribution is 2.30. The molecule has 90 valence electrons. The predicted molar refractivity (Wildman–Crippen MR) is 70.3 cm³/mol. The Morgan fingerprint density at radius 1 is 1.33 bits per heavy atom. The van der Waals surface area contributed by atoms with Gasteiger partial charge >= 0.3 is 0 Å². The van der Waals surface area contributed by atoms with E-state index in [2.05, 4.69) is 15.1 Å². The summed E-state index contributed by atoms with van der Waals surface area (Å²) in [6.45, 7) is 0. The molecule has 0 spiro atoms. The van der Waals surface area contributed by atoms with Gasteiger partial charge in [0.2, 0.25) is 0 Å². The maximum Gasteiger partial charge on any atom is 0.187 e. The Kier molecular flexibility index (Phi) is 2.33. The van der Waals surface area contributed by atoms with E-state index in [1.807, 2.05) is 29.2 Å². The minimum Gasteiger partial charge on any atom is -0.409 e. The number of hydrogen-bond acceptors (Lipinski definition) is 5. The second-order valence-electron chi connectivity index (χ2n) is 3.94. The minimum absolute atomic E-state index is 0.0475. The average Bonchev–Trinajstić information content (AvgIpc) is 2.74. The summed E-state index contributed by atoms with van der Waals surface area (Å²) in [5.41, 5.74) is 8.38. The van der Waals surface area contributed by atoms with Crippen LogP contribution in [0.4, 0.5) is 5.69 Å². The molecule has 2 heterocycles. The zero-order valence-corrected chi connectivity index (χ0v) is 9.43. The van der Waals surface area contributed by atoms with Crippen LogP contribution in [-0.4, -0.2) is 29.6 Å². The zero-order valence-electron chi connectivity index (χ0n) is 9.43. The van der Waals surface area contributed by atoms with E-state index in [-0.39, 0.29) is 5.84 Å². The van der Waals surface area contributed by atoms with E-state index in [9.17, 15) is 0 Å². The molecular weight excluding hydrogens is 230 g/mol. The molecule has 3 N–H and O–H groups in total. The molecule has 0 bridgehead atoms. The first-order valence-corrected chi connectivity index (χ1v) is 5.43. The van der Waals surface area contributed by atoms with E-state index in [4.69, 9.17) is 10.9 Å². The first-order chi connectivity index (χ1) is 8.81. The molecule has 0 saturated heterocycles. The van der Waals surface area contributed by atoms with Crippen LogP contribution in [-0.2, 0) is 0 Å². The van der Waals surface area contributed by atoms with E-state index in [0.717, 1.165) is 16.9 Å². The van der Waals surface area contributed by atoms with Crippen LogP contribution >= 0.6 is 0 Å². The SMILES string of the molecule is NC(=NO)C1N=CC2=CN=Cc3ccccc3N21. The van der Waals surface area contributed by atoms with Gasteiger partial charge in [0.15, 0.2) is 12.0 Å². The summed E-state index contributed by atoms with van der Waals surface area (Å²) in [5.74, 6) is 0.0475. The van der Waals surface area contributed by atoms with Crippen molar-refractivity contribution in [1.29, 1.82) is 0 Å². The van der Waals surface area contributed by atoms with Crippen LogP contribution in [0.1, 0.15) is 5.56 Å². The summed E-state index contributed by atoms with van der Waals surface area (Å²) >= 11 is 0. The Balaban J connectivity index is 2.14. The fraction of sp³-hybridized carbons (Fsp3) is 0.0833. The van der Waals surface area contributed by atoms with Crippen molar-refractivity contribution in [3.8, 4) is 0 Å². The molecule has 0 fully saturated rings. The Hall–Kier alpha value is -2.63. The third-order valence-corrected chi connectivity index (χ3v) is 2.87. The molecule has 6 heteroatoms. The molecular formula is C12H11N5O. The van der Waals surface area contributed by atoms with Crippen LogP contribution in [0.15, 0.2) is 51.3 Å². The summed E-state index contributed by atoms with van der Waals surface area (Å²) in [5, 5.41) is 11.9. The monoisotopic (exact) mass is 241 g/mol. The van der Waals surface area contributed by atoms with Crippen LogP contribution in [0.5, 0.6) is 0 Å². The van der Waals surface area contributed by atoms with Crippen LogP contribution in [0.3, 0.4) is 0 Å². The molecule has 0 radical (unpaired) electrons. The topological polar surface area (TPSA) is 86.6 Å². The number of aliphatic imine (C=N–C) groups is 2. The van der Waals surface area contributed by atoms with Gasteiger partial charge in [-0.1, -0.05) is 23.4 Å². The lowest BCUT2D eigenvalue weighted by atomic mass is 10.1. The largest absolute Gasteiger partial charge is 0.409 e. The number of anilines is 1. The number of nitrogens with zero attached hydrogens (tertiary/aromatic N) is 4. The van der Waals surface area contributed by atoms with Crippen molar-refractivity contribution in [3.63, 3.8) is 0 Å². The van der Waals surface area contributed by atoms with Gasteiger partial charge in [-0.3, -0.25) is 9.98 Å². The molecule has 1 aromatic rings. The molecule has 18 heavy (non-hydrogen) atoms. The smallest absolute Gasteiger partial charge is 0.187 e. The highest BCUT2D eigenvalue weighted by Gasteiger charge is 2.31. The predicted octanol–water partition coefficient (Wildman–Crippen LogP) is 0.924. The quantitative estimate of drug-likeness (QED) is 0.332. The van der Waals surface area contributed by atoms with Gasteiger partial charge in [-0.15, -0.1) is 0 Å². The summed E-state index contributed by atoms with van der Waals surface area (Å²) in [6, 6.07) is 7.77. The molecule has 0 aliphatic carbocycles. The number of hydrogen-bond donors (Lipinski definition) is 2. The van der Waals surface area contributed by atoms with Gasteiger partial charge in [0, 0.05) is 18.0 Å². The van der Waals surface area contributed by atoms with Gasteiger partial charge in [0.05, 0.1) is 17.6 Å². The second kappa shape index (κ2) is 3.99. The first kappa shape index (κ1) is 10.5. The number of oxime groups is 1. The molecule has 0 aromatic heterocycles. The van der Waals surface area contributed by atoms with Crippen molar-refractivity contribution >= 4 is 24.0 Å². The summed E-state index contributed by atoms with van der Waals surface area (Å²) in [6.07, 6.45) is 4.62. The lowest BCUT2D eigenvalue weighted by molar-refractivity contribution is 0.316. The van der Waals surface area contributed by atoms with Crippen molar-refractivity contribution in [3.05, 3.63) is 41.7 Å². The van der Waals surface area contributed by atoms with E-state index in [0.29, 0.717) is 0 Å². The molecule has 2 aliphatic heterocycles. The van der Waals surface area contributed by atoms with E-state index < -0.39 is 6.17 Å². The fourth-order valence-corrected chi connectivity index (χ4v) is 2.05. The van der Waals surface area contributed by atoms with Crippen LogP contribution < -0.4 is 10.6 Å². The highest BCUT2D eigenvalue weighted by molar-refractivity contribution is 6.02. The van der Waals surface area contributed by atoms with Gasteiger partial charge in [-0.2, -0.15) is 0 Å². The lowest BCUT2D eigenvalue weighted by Gasteiger charge is -2.25. The fourth-order valence-electron chi connectivity index (χ4n) is 2.05. The zero-order chi connectivity index (χ0) is 12.5. The Morgan fingerprint density at radius 3 is 3.00 bits per heavy atom. The van der Waals surface area contributed by atoms with Crippen LogP contribution in [0.2, 0.25) is 0 Å². The molecule has 6 nitrogen and oxygen atoms in total. The lowest BCUT2D eigenvalue weighted by Crippen LogP contribution is -2.40. The van der Waals surface area contributed by atoms with Gasteiger partial charge in [-0.05, 0) is 6.07 Å². The van der Waals surface area contributed by atoms with Crippen molar-refractivity contribution in [1.82, 2.24) is 0 Å². The highest BCUT2D eigenvalue weighted by atomic mass is 16.4. The van der Waals surface area contributed by atoms with Crippen LogP contribution in [0, 0.1) is 0 Å². The standard InChI is InChI=1S/C12H11N5O/c13-11(16-18)12-15-7-9-6-14-5-8-3-1-2-4-10(8)17(9)12/h1-7,12,18H,(H2,13,16). The van der Waals surface area contributed by atoms with Gasteiger partial charge < -0.3 is 15.8 Å². The molecule has 1 aromatic carbocycles. The van der Waals surface area contributed by atoms with Gasteiger partial charge in [0.1, 0.15) is 0 Å². The first-order valence-electron chi connectivity index (χ1n) is 5.43. The van der Waals surface area contributed by atoms with Crippen LogP contribution in [0.25, 0.3) is 0 Å². The summed E-state index contributed by atoms with van der Waals surface area (Å²) < 4.78 is 0. The number of rotatable bonds is 1. The van der Waals surface area contributed by atoms with E-state index in [1.165, 1.54) is 0 Å². The molecule has 1 atom stereocenters. The van der Waals surface area contributed by atoms with Gasteiger partial charge in [-0.25, -0.2) is 0 Å². The molecule has 1 unspecified atom stereocenters. The third-order valence-electron chi connectivity index (χ3n) is 2.87. The third kappa shape index (κ3) is 1.46. The van der Waals surface area contributed by atoms with Crippen molar-refractivity contribution in [2.45, 2.75) is 6.17 Å². The Bertz CT molecular complexity index is 602. The van der Waals surface area contributed by atoms with Crippen molar-refractivity contribution < 1.29 is 5.21 Å². The number of allylic oxidation sites excluding steroid dienone is 1. The summed E-state index contributed by atoms with van der Waals surface area (Å²) in [7, 11) is 0. The number of benzene rings is 1. The van der Waals surface area contributed by atoms with E-state index in [1.54, 1.807) is 18.6 Å². The maximum absolute atomic E-state index is 8.82. The Labute approximate surface area is 103 Å². The second-order valence-corrected chi connectivity index (χ2v) is 3.94. The Morgan fingerprint density at radius 2 is 2.17 bits per heavy atom. The number of fused-ring (bicyclic) bond motifs is 3. The van der Waals surface area contributed by atoms with Gasteiger partial charge in [0.25, 0.3) is 0 Å². The summed E-state index contributed by atoms with van der Waals surface area (Å²) in [4.78, 5) is 10.3. The van der Waals surface area contributed by atoms with Crippen molar-refractivity contribution in [2.75, 3.05) is 4.90 Å². The van der Waals surface area contributed by atoms with E-state index >= 15 is 0 Å². The number of amidine groups is 1. The molecule has 2 aliphatic rings.